The van der Waals surface area contributed by atoms with Gasteiger partial charge in [-0.05, 0) is 36.3 Å². The first-order valence-electron chi connectivity index (χ1n) is 6.87. The maximum atomic E-state index is 12.0. The number of aliphatic hydroxyl groups excluding tert-OH is 1. The maximum absolute atomic E-state index is 12.0. The lowest BCUT2D eigenvalue weighted by atomic mass is 10.1. The van der Waals surface area contributed by atoms with Crippen LogP contribution in [0.25, 0.3) is 0 Å². The number of hydrogen-bond acceptors (Lipinski definition) is 3. The second-order valence-electron chi connectivity index (χ2n) is 4.73. The molecule has 1 saturated heterocycles. The molecule has 0 spiro atoms. The minimum Gasteiger partial charge on any atom is -0.384 e. The van der Waals surface area contributed by atoms with Gasteiger partial charge in [0, 0.05) is 12.1 Å². The minimum atomic E-state index is -0.139. The van der Waals surface area contributed by atoms with Crippen molar-refractivity contribution in [1.29, 1.82) is 0 Å². The topological polar surface area (TPSA) is 49.3 Å². The first kappa shape index (κ1) is 15.0. The summed E-state index contributed by atoms with van der Waals surface area (Å²) < 4.78 is 0. The second kappa shape index (κ2) is 7.98. The molecule has 1 aromatic rings. The first-order valence-corrected chi connectivity index (χ1v) is 7.92. The van der Waals surface area contributed by atoms with Crippen LogP contribution in [-0.4, -0.2) is 28.6 Å². The Bertz CT molecular complexity index is 513. The van der Waals surface area contributed by atoms with Crippen molar-refractivity contribution in [2.75, 3.05) is 12.4 Å². The molecule has 0 aromatic heterocycles. The Kier molecular flexibility index (Phi) is 5.97. The van der Waals surface area contributed by atoms with Crippen molar-refractivity contribution in [3.63, 3.8) is 0 Å². The summed E-state index contributed by atoms with van der Waals surface area (Å²) in [5.41, 5.74) is 1.89. The molecule has 1 unspecified atom stereocenters. The molecule has 0 aliphatic carbocycles. The highest BCUT2D eigenvalue weighted by atomic mass is 32.2. The maximum Gasteiger partial charge on any atom is 0.233 e. The van der Waals surface area contributed by atoms with Gasteiger partial charge in [-0.2, -0.15) is 0 Å². The van der Waals surface area contributed by atoms with Gasteiger partial charge in [0.25, 0.3) is 0 Å². The Labute approximate surface area is 124 Å². The normalized spacial score (nSPS) is 17.9. The summed E-state index contributed by atoms with van der Waals surface area (Å²) in [5, 5.41) is 11.8. The van der Waals surface area contributed by atoms with Gasteiger partial charge >= 0.3 is 0 Å². The number of hydrogen-bond donors (Lipinski definition) is 2. The molecule has 1 fully saturated rings. The summed E-state index contributed by atoms with van der Waals surface area (Å²) >= 11 is 1.76. The Morgan fingerprint density at radius 1 is 1.45 bits per heavy atom. The number of rotatable bonds is 3. The number of carbonyl (C=O) groups is 1. The van der Waals surface area contributed by atoms with Crippen LogP contribution in [0.15, 0.2) is 24.3 Å². The fourth-order valence-electron chi connectivity index (χ4n) is 2.15. The van der Waals surface area contributed by atoms with E-state index in [1.165, 1.54) is 6.42 Å². The average Bonchev–Trinajstić information content (AvgIpc) is 2.52. The van der Waals surface area contributed by atoms with E-state index < -0.39 is 0 Å². The molecule has 1 amide bonds. The minimum absolute atomic E-state index is 0.112. The molecule has 0 radical (unpaired) electrons. The number of carbonyl (C=O) groups excluding carboxylic acids is 1. The SMILES string of the molecule is O=C(NCc1cccc(C#CCO)c1)C1CCCCS1. The summed E-state index contributed by atoms with van der Waals surface area (Å²) in [5.74, 6) is 6.72. The molecule has 0 bridgehead atoms. The third-order valence-corrected chi connectivity index (χ3v) is 4.55. The van der Waals surface area contributed by atoms with Gasteiger partial charge in [0.2, 0.25) is 5.91 Å². The van der Waals surface area contributed by atoms with Crippen LogP contribution in [0.3, 0.4) is 0 Å². The van der Waals surface area contributed by atoms with Gasteiger partial charge in [-0.15, -0.1) is 11.8 Å². The van der Waals surface area contributed by atoms with Crippen molar-refractivity contribution in [2.45, 2.75) is 31.1 Å². The van der Waals surface area contributed by atoms with Crippen molar-refractivity contribution < 1.29 is 9.90 Å². The van der Waals surface area contributed by atoms with Gasteiger partial charge in [0.15, 0.2) is 0 Å². The molecular weight excluding hydrogens is 270 g/mol. The average molecular weight is 289 g/mol. The molecule has 20 heavy (non-hydrogen) atoms. The van der Waals surface area contributed by atoms with Crippen LogP contribution in [0.4, 0.5) is 0 Å². The van der Waals surface area contributed by atoms with Crippen molar-refractivity contribution in [3.8, 4) is 11.8 Å². The number of thioether (sulfide) groups is 1. The van der Waals surface area contributed by atoms with E-state index in [2.05, 4.69) is 17.2 Å². The van der Waals surface area contributed by atoms with Crippen LogP contribution in [-0.2, 0) is 11.3 Å². The van der Waals surface area contributed by atoms with Crippen LogP contribution in [0.5, 0.6) is 0 Å². The lowest BCUT2D eigenvalue weighted by Crippen LogP contribution is -2.33. The second-order valence-corrected chi connectivity index (χ2v) is 6.04. The van der Waals surface area contributed by atoms with Crippen LogP contribution in [0, 0.1) is 11.8 Å². The summed E-state index contributed by atoms with van der Waals surface area (Å²) in [7, 11) is 0. The fourth-order valence-corrected chi connectivity index (χ4v) is 3.37. The molecule has 1 heterocycles. The van der Waals surface area contributed by atoms with E-state index in [-0.39, 0.29) is 17.8 Å². The summed E-state index contributed by atoms with van der Waals surface area (Å²) in [6, 6.07) is 7.72. The number of amides is 1. The van der Waals surface area contributed by atoms with Gasteiger partial charge in [-0.25, -0.2) is 0 Å². The van der Waals surface area contributed by atoms with Crippen LogP contribution in [0.1, 0.15) is 30.4 Å². The first-order chi connectivity index (χ1) is 9.79. The molecule has 1 aliphatic heterocycles. The highest BCUT2D eigenvalue weighted by Crippen LogP contribution is 2.25. The summed E-state index contributed by atoms with van der Waals surface area (Å²) in [6.45, 7) is 0.393. The molecule has 3 nitrogen and oxygen atoms in total. The molecule has 1 atom stereocenters. The van der Waals surface area contributed by atoms with Crippen LogP contribution >= 0.6 is 11.8 Å². The lowest BCUT2D eigenvalue weighted by molar-refractivity contribution is -0.120. The summed E-state index contributed by atoms with van der Waals surface area (Å²) in [6.07, 6.45) is 3.36. The fraction of sp³-hybridized carbons (Fsp3) is 0.438. The van der Waals surface area contributed by atoms with E-state index in [0.717, 1.165) is 29.7 Å². The van der Waals surface area contributed by atoms with Crippen molar-refractivity contribution in [1.82, 2.24) is 5.32 Å². The van der Waals surface area contributed by atoms with Gasteiger partial charge in [-0.1, -0.05) is 30.4 Å². The smallest absolute Gasteiger partial charge is 0.233 e. The Morgan fingerprint density at radius 3 is 3.10 bits per heavy atom. The largest absolute Gasteiger partial charge is 0.384 e. The van der Waals surface area contributed by atoms with E-state index in [1.807, 2.05) is 24.3 Å². The van der Waals surface area contributed by atoms with Crippen LogP contribution in [0.2, 0.25) is 0 Å². The van der Waals surface area contributed by atoms with E-state index in [1.54, 1.807) is 11.8 Å². The van der Waals surface area contributed by atoms with Crippen molar-refractivity contribution in [2.24, 2.45) is 0 Å². The third-order valence-electron chi connectivity index (χ3n) is 3.18. The number of aliphatic hydroxyl groups is 1. The zero-order valence-corrected chi connectivity index (χ0v) is 12.2. The molecule has 1 aliphatic rings. The summed E-state index contributed by atoms with van der Waals surface area (Å²) in [4.78, 5) is 12.0. The zero-order chi connectivity index (χ0) is 14.2. The molecule has 0 saturated carbocycles. The highest BCUT2D eigenvalue weighted by Gasteiger charge is 2.21. The van der Waals surface area contributed by atoms with Crippen LogP contribution < -0.4 is 5.32 Å². The predicted molar refractivity (Wildman–Crippen MR) is 82.3 cm³/mol. The number of benzene rings is 1. The molecule has 106 valence electrons. The molecular formula is C16H19NO2S. The van der Waals surface area contributed by atoms with Crippen molar-refractivity contribution >= 4 is 17.7 Å². The Morgan fingerprint density at radius 2 is 2.35 bits per heavy atom. The molecule has 1 aromatic carbocycles. The van der Waals surface area contributed by atoms with Gasteiger partial charge < -0.3 is 10.4 Å². The molecule has 4 heteroatoms. The van der Waals surface area contributed by atoms with E-state index in [4.69, 9.17) is 5.11 Å². The van der Waals surface area contributed by atoms with Crippen molar-refractivity contribution in [3.05, 3.63) is 35.4 Å². The van der Waals surface area contributed by atoms with E-state index in [9.17, 15) is 4.79 Å². The standard InChI is InChI=1S/C16H19NO2S/c18-9-4-7-13-5-3-6-14(11-13)12-17-16(19)15-8-1-2-10-20-15/h3,5-6,11,15,18H,1-2,8-10,12H2,(H,17,19). The van der Waals surface area contributed by atoms with Gasteiger partial charge in [0.05, 0.1) is 5.25 Å². The highest BCUT2D eigenvalue weighted by molar-refractivity contribution is 8.00. The Hall–Kier alpha value is -1.44. The monoisotopic (exact) mass is 289 g/mol. The van der Waals surface area contributed by atoms with Gasteiger partial charge in [0.1, 0.15) is 6.61 Å². The van der Waals surface area contributed by atoms with E-state index >= 15 is 0 Å². The predicted octanol–water partition coefficient (Wildman–Crippen LogP) is 1.93. The van der Waals surface area contributed by atoms with E-state index in [0.29, 0.717) is 6.54 Å². The third kappa shape index (κ3) is 4.59. The Balaban J connectivity index is 1.88. The quantitative estimate of drug-likeness (QED) is 0.836. The zero-order valence-electron chi connectivity index (χ0n) is 11.4. The molecule has 2 N–H and O–H groups in total. The van der Waals surface area contributed by atoms with Gasteiger partial charge in [-0.3, -0.25) is 4.79 Å². The molecule has 2 rings (SSSR count). The number of nitrogens with one attached hydrogen (secondary N) is 1. The lowest BCUT2D eigenvalue weighted by Gasteiger charge is -2.20.